The number of nitrogens with two attached hydrogens (primary N) is 1. The second kappa shape index (κ2) is 15.5. The lowest BCUT2D eigenvalue weighted by molar-refractivity contribution is -0.169. The molecule has 0 spiro atoms. The highest BCUT2D eigenvalue weighted by molar-refractivity contribution is 5.78. The van der Waals surface area contributed by atoms with Crippen LogP contribution in [0.2, 0.25) is 0 Å². The monoisotopic (exact) mass is 535 g/mol. The third kappa shape index (κ3) is 11.6. The van der Waals surface area contributed by atoms with Crippen molar-refractivity contribution < 1.29 is 38.1 Å². The molecular weight excluding hydrogens is 490 g/mol. The van der Waals surface area contributed by atoms with E-state index in [4.69, 9.17) is 24.7 Å². The van der Waals surface area contributed by atoms with Gasteiger partial charge in [0.15, 0.2) is 11.5 Å². The smallest absolute Gasteiger partial charge is 0.323 e. The van der Waals surface area contributed by atoms with E-state index >= 15 is 0 Å². The zero-order valence-corrected chi connectivity index (χ0v) is 24.2. The topological polar surface area (TPSA) is 131 Å². The molecule has 9 nitrogen and oxygen atoms in total. The summed E-state index contributed by atoms with van der Waals surface area (Å²) in [6, 6.07) is 3.67. The van der Waals surface area contributed by atoms with Gasteiger partial charge in [-0.15, -0.1) is 0 Å². The van der Waals surface area contributed by atoms with E-state index in [-0.39, 0.29) is 60.4 Å². The van der Waals surface area contributed by atoms with Gasteiger partial charge in [0, 0.05) is 12.8 Å². The molecule has 0 fully saturated rings. The van der Waals surface area contributed by atoms with Crippen LogP contribution in [0.5, 0.6) is 11.5 Å². The number of hydrogen-bond acceptors (Lipinski definition) is 9. The van der Waals surface area contributed by atoms with E-state index in [0.29, 0.717) is 5.56 Å². The van der Waals surface area contributed by atoms with E-state index in [1.807, 2.05) is 41.5 Å². The first-order chi connectivity index (χ1) is 17.6. The molecule has 0 saturated heterocycles. The van der Waals surface area contributed by atoms with Crippen LogP contribution in [0.25, 0.3) is 0 Å². The van der Waals surface area contributed by atoms with Crippen molar-refractivity contribution in [3.05, 3.63) is 23.8 Å². The van der Waals surface area contributed by atoms with Crippen LogP contribution < -0.4 is 15.2 Å². The van der Waals surface area contributed by atoms with Crippen molar-refractivity contribution in [2.75, 3.05) is 0 Å². The Kier molecular flexibility index (Phi) is 13.5. The fourth-order valence-electron chi connectivity index (χ4n) is 3.20. The van der Waals surface area contributed by atoms with Gasteiger partial charge in [0.25, 0.3) is 0 Å². The minimum Gasteiger partial charge on any atom is -0.459 e. The van der Waals surface area contributed by atoms with Gasteiger partial charge < -0.3 is 24.7 Å². The molecule has 0 amide bonds. The van der Waals surface area contributed by atoms with E-state index in [2.05, 4.69) is 0 Å². The number of carbonyl (C=O) groups excluding carboxylic acids is 4. The normalized spacial score (nSPS) is 14.6. The number of ether oxygens (including phenoxy) is 4. The van der Waals surface area contributed by atoms with Crippen LogP contribution in [0.4, 0.5) is 0 Å². The zero-order chi connectivity index (χ0) is 29.2. The molecule has 1 aromatic rings. The summed E-state index contributed by atoms with van der Waals surface area (Å²) in [6.07, 6.45) is -0.871. The summed E-state index contributed by atoms with van der Waals surface area (Å²) in [5.74, 6) is -1.70. The maximum atomic E-state index is 12.6. The molecule has 0 aliphatic carbocycles. The molecule has 1 aromatic carbocycles. The van der Waals surface area contributed by atoms with Crippen LogP contribution in [0.15, 0.2) is 18.2 Å². The Morgan fingerprint density at radius 3 is 1.66 bits per heavy atom. The maximum Gasteiger partial charge on any atom is 0.323 e. The van der Waals surface area contributed by atoms with Crippen molar-refractivity contribution in [1.29, 1.82) is 0 Å². The predicted octanol–water partition coefficient (Wildman–Crippen LogP) is 4.61. The summed E-state index contributed by atoms with van der Waals surface area (Å²) in [5.41, 5.74) is 6.69. The summed E-state index contributed by atoms with van der Waals surface area (Å²) in [7, 11) is 0. The van der Waals surface area contributed by atoms with Crippen molar-refractivity contribution >= 4 is 23.9 Å². The Morgan fingerprint density at radius 2 is 1.18 bits per heavy atom. The molecule has 0 bridgehead atoms. The summed E-state index contributed by atoms with van der Waals surface area (Å²) in [5, 5.41) is 0. The first-order valence-electron chi connectivity index (χ1n) is 13.3. The molecule has 1 unspecified atom stereocenters. The standard InChI is InChI=1S/C29H45NO8/c1-16(2)12-26(31)37-24-11-10-22(15-25(24)38-27(32)13-17(3)4)14-23(30)29(34)36-21(9)20(8)35-28(33)19(7)18(5)6/h10-11,15-21,23H,12-14,30H2,1-9H3/t19?,20-,21-,23-/m0/s1. The SMILES string of the molecule is CC(C)CC(=O)Oc1ccc(C[C@H](N)C(=O)O[C@@H](C)[C@H](C)OC(=O)C(C)C(C)C)cc1OC(=O)CC(C)C. The summed E-state index contributed by atoms with van der Waals surface area (Å²) in [4.78, 5) is 49.4. The van der Waals surface area contributed by atoms with Gasteiger partial charge in [0.1, 0.15) is 18.2 Å². The maximum absolute atomic E-state index is 12.6. The minimum atomic E-state index is -1.02. The Balaban J connectivity index is 2.92. The Hall–Kier alpha value is -2.94. The molecule has 0 heterocycles. The lowest BCUT2D eigenvalue weighted by Gasteiger charge is -2.24. The average Bonchev–Trinajstić information content (AvgIpc) is 2.78. The van der Waals surface area contributed by atoms with Gasteiger partial charge in [0.05, 0.1) is 5.92 Å². The first kappa shape index (κ1) is 33.1. The summed E-state index contributed by atoms with van der Waals surface area (Å²) < 4.78 is 21.8. The molecule has 38 heavy (non-hydrogen) atoms. The fourth-order valence-corrected chi connectivity index (χ4v) is 3.20. The Bertz CT molecular complexity index is 956. The third-order valence-electron chi connectivity index (χ3n) is 6.00. The predicted molar refractivity (Wildman–Crippen MR) is 143 cm³/mol. The molecule has 0 aromatic heterocycles. The fraction of sp³-hybridized carbons (Fsp3) is 0.655. The molecule has 4 atom stereocenters. The zero-order valence-electron chi connectivity index (χ0n) is 24.2. The first-order valence-corrected chi connectivity index (χ1v) is 13.3. The van der Waals surface area contributed by atoms with Gasteiger partial charge >= 0.3 is 23.9 Å². The number of benzene rings is 1. The van der Waals surface area contributed by atoms with Crippen LogP contribution >= 0.6 is 0 Å². The van der Waals surface area contributed by atoms with Gasteiger partial charge in [0.2, 0.25) is 0 Å². The van der Waals surface area contributed by atoms with E-state index in [0.717, 1.165) is 0 Å². The Morgan fingerprint density at radius 1 is 0.711 bits per heavy atom. The summed E-state index contributed by atoms with van der Waals surface area (Å²) in [6.45, 7) is 16.5. The highest BCUT2D eigenvalue weighted by Gasteiger charge is 2.27. The van der Waals surface area contributed by atoms with Crippen molar-refractivity contribution in [3.63, 3.8) is 0 Å². The lowest BCUT2D eigenvalue weighted by Crippen LogP contribution is -2.40. The number of carbonyl (C=O) groups is 4. The van der Waals surface area contributed by atoms with Crippen molar-refractivity contribution in [3.8, 4) is 11.5 Å². The van der Waals surface area contributed by atoms with Gasteiger partial charge in [-0.05, 0) is 55.7 Å². The molecule has 1 rings (SSSR count). The second-order valence-electron chi connectivity index (χ2n) is 11.1. The largest absolute Gasteiger partial charge is 0.459 e. The molecule has 9 heteroatoms. The Labute approximate surface area is 226 Å². The van der Waals surface area contributed by atoms with Gasteiger partial charge in [-0.2, -0.15) is 0 Å². The minimum absolute atomic E-state index is 0.0815. The average molecular weight is 536 g/mol. The number of esters is 4. The highest BCUT2D eigenvalue weighted by Crippen LogP contribution is 2.30. The molecule has 0 aliphatic heterocycles. The quantitative estimate of drug-likeness (QED) is 0.268. The molecule has 2 N–H and O–H groups in total. The second-order valence-corrected chi connectivity index (χ2v) is 11.1. The molecule has 214 valence electrons. The molecule has 0 radical (unpaired) electrons. The van der Waals surface area contributed by atoms with E-state index in [9.17, 15) is 19.2 Å². The van der Waals surface area contributed by atoms with Crippen LogP contribution in [0.1, 0.15) is 80.7 Å². The van der Waals surface area contributed by atoms with Crippen molar-refractivity contribution in [2.45, 2.75) is 99.8 Å². The molecule has 0 saturated carbocycles. The highest BCUT2D eigenvalue weighted by atomic mass is 16.6. The van der Waals surface area contributed by atoms with Crippen molar-refractivity contribution in [2.24, 2.45) is 29.4 Å². The molecular formula is C29H45NO8. The number of rotatable bonds is 14. The third-order valence-corrected chi connectivity index (χ3v) is 6.00. The van der Waals surface area contributed by atoms with Crippen LogP contribution in [0.3, 0.4) is 0 Å². The van der Waals surface area contributed by atoms with E-state index in [1.165, 1.54) is 12.1 Å². The molecule has 0 aliphatic rings. The lowest BCUT2D eigenvalue weighted by atomic mass is 9.98. The van der Waals surface area contributed by atoms with Gasteiger partial charge in [-0.3, -0.25) is 19.2 Å². The van der Waals surface area contributed by atoms with Gasteiger partial charge in [-0.25, -0.2) is 0 Å². The summed E-state index contributed by atoms with van der Waals surface area (Å²) >= 11 is 0. The van der Waals surface area contributed by atoms with Gasteiger partial charge in [-0.1, -0.05) is 54.5 Å². The van der Waals surface area contributed by atoms with E-state index in [1.54, 1.807) is 26.8 Å². The van der Waals surface area contributed by atoms with Crippen LogP contribution in [-0.4, -0.2) is 42.1 Å². The number of hydrogen-bond donors (Lipinski definition) is 1. The van der Waals surface area contributed by atoms with Crippen LogP contribution in [0, 0.1) is 23.7 Å². The van der Waals surface area contributed by atoms with Crippen molar-refractivity contribution in [1.82, 2.24) is 0 Å². The van der Waals surface area contributed by atoms with E-state index < -0.39 is 36.2 Å². The van der Waals surface area contributed by atoms with Crippen LogP contribution in [-0.2, 0) is 35.1 Å².